The van der Waals surface area contributed by atoms with E-state index < -0.39 is 0 Å². The fourth-order valence-corrected chi connectivity index (χ4v) is 1.45. The average Bonchev–Trinajstić information content (AvgIpc) is 2.57. The maximum Gasteiger partial charge on any atom is 0.260 e. The fraction of sp³-hybridized carbons (Fsp3) is 0.389. The molecule has 0 aliphatic rings. The van der Waals surface area contributed by atoms with Crippen molar-refractivity contribution in [2.45, 2.75) is 41.0 Å². The summed E-state index contributed by atoms with van der Waals surface area (Å²) in [6, 6.07) is 7.22. The van der Waals surface area contributed by atoms with Crippen molar-refractivity contribution in [2.75, 3.05) is 11.9 Å². The average molecular weight is 301 g/mol. The van der Waals surface area contributed by atoms with E-state index in [-0.39, 0.29) is 5.91 Å². The van der Waals surface area contributed by atoms with Crippen molar-refractivity contribution in [3.63, 3.8) is 0 Å². The number of hydrogen-bond acceptors (Lipinski definition) is 3. The van der Waals surface area contributed by atoms with Gasteiger partial charge in [0.1, 0.15) is 5.82 Å². The van der Waals surface area contributed by atoms with Gasteiger partial charge in [-0.15, -0.1) is 0 Å². The second kappa shape index (κ2) is 11.4. The van der Waals surface area contributed by atoms with Gasteiger partial charge in [0.05, 0.1) is 5.56 Å². The lowest BCUT2D eigenvalue weighted by Gasteiger charge is -2.15. The third-order valence-corrected chi connectivity index (χ3v) is 2.45. The second-order valence-electron chi connectivity index (χ2n) is 4.51. The van der Waals surface area contributed by atoms with Crippen LogP contribution < -0.4 is 4.90 Å². The normalized spacial score (nSPS) is 8.82. The van der Waals surface area contributed by atoms with E-state index in [9.17, 15) is 4.79 Å². The van der Waals surface area contributed by atoms with Gasteiger partial charge in [-0.2, -0.15) is 0 Å². The smallest absolute Gasteiger partial charge is 0.260 e. The zero-order chi connectivity index (χ0) is 17.0. The number of aromatic nitrogens is 2. The van der Waals surface area contributed by atoms with E-state index in [4.69, 9.17) is 0 Å². The van der Waals surface area contributed by atoms with Crippen LogP contribution in [0.4, 0.5) is 5.82 Å². The number of amides is 1. The van der Waals surface area contributed by atoms with Gasteiger partial charge in [-0.05, 0) is 30.7 Å². The number of hydrogen-bond donors (Lipinski definition) is 0. The Bertz CT molecular complexity index is 524. The Labute approximate surface area is 134 Å². The van der Waals surface area contributed by atoms with Crippen LogP contribution in [0.1, 0.15) is 50.0 Å². The van der Waals surface area contributed by atoms with Crippen LogP contribution in [0.2, 0.25) is 0 Å². The Morgan fingerprint density at radius 2 is 1.77 bits per heavy atom. The Kier molecular flexibility index (Phi) is 10.3. The van der Waals surface area contributed by atoms with Crippen LogP contribution in [0.25, 0.3) is 0 Å². The van der Waals surface area contributed by atoms with Crippen LogP contribution in [0, 0.1) is 6.92 Å². The van der Waals surface area contributed by atoms with E-state index in [1.807, 2.05) is 32.9 Å². The van der Waals surface area contributed by atoms with Gasteiger partial charge in [0.25, 0.3) is 5.91 Å². The van der Waals surface area contributed by atoms with E-state index in [1.165, 1.54) is 11.3 Å². The minimum Gasteiger partial charge on any atom is -0.296 e. The molecule has 0 fully saturated rings. The van der Waals surface area contributed by atoms with Crippen LogP contribution in [0.3, 0.4) is 0 Å². The van der Waals surface area contributed by atoms with Crippen molar-refractivity contribution in [1.29, 1.82) is 0 Å². The summed E-state index contributed by atoms with van der Waals surface area (Å²) in [5.74, 6) is 0.513. The first-order valence-corrected chi connectivity index (χ1v) is 7.70. The zero-order valence-electron chi connectivity index (χ0n) is 14.5. The summed E-state index contributed by atoms with van der Waals surface area (Å²) in [6.07, 6.45) is 6.18. The van der Waals surface area contributed by atoms with Gasteiger partial charge in [0, 0.05) is 25.6 Å². The number of rotatable bonds is 2. The van der Waals surface area contributed by atoms with Crippen LogP contribution in [0.15, 0.2) is 42.9 Å². The fourth-order valence-electron chi connectivity index (χ4n) is 1.45. The van der Waals surface area contributed by atoms with Crippen LogP contribution in [0.5, 0.6) is 0 Å². The maximum absolute atomic E-state index is 12.1. The van der Waals surface area contributed by atoms with Crippen molar-refractivity contribution in [1.82, 2.24) is 9.97 Å². The van der Waals surface area contributed by atoms with Crippen molar-refractivity contribution in [3.05, 3.63) is 54.0 Å². The molecular weight excluding hydrogens is 274 g/mol. The van der Waals surface area contributed by atoms with Crippen LogP contribution >= 0.6 is 0 Å². The summed E-state index contributed by atoms with van der Waals surface area (Å²) in [7, 11) is 1.70. The van der Waals surface area contributed by atoms with Gasteiger partial charge in [-0.3, -0.25) is 14.7 Å². The Hall–Kier alpha value is -2.23. The molecule has 1 amide bonds. The molecule has 2 rings (SSSR count). The van der Waals surface area contributed by atoms with Crippen LogP contribution in [-0.2, 0) is 0 Å². The molecule has 120 valence electrons. The molecule has 22 heavy (non-hydrogen) atoms. The molecule has 0 aliphatic carbocycles. The third kappa shape index (κ3) is 6.48. The molecule has 2 aromatic rings. The molecule has 0 bridgehead atoms. The Morgan fingerprint density at radius 1 is 1.14 bits per heavy atom. The summed E-state index contributed by atoms with van der Waals surface area (Å²) in [4.78, 5) is 21.7. The number of aryl methyl sites for hydroxylation is 1. The molecule has 0 saturated carbocycles. The van der Waals surface area contributed by atoms with E-state index in [1.54, 1.807) is 37.8 Å². The molecule has 2 aromatic heterocycles. The molecule has 0 saturated heterocycles. The number of anilines is 1. The first-order valence-electron chi connectivity index (χ1n) is 7.70. The van der Waals surface area contributed by atoms with Gasteiger partial charge >= 0.3 is 0 Å². The van der Waals surface area contributed by atoms with E-state index >= 15 is 0 Å². The highest BCUT2D eigenvalue weighted by atomic mass is 16.2. The molecule has 0 aliphatic heterocycles. The predicted octanol–water partition coefficient (Wildman–Crippen LogP) is 4.50. The standard InChI is InChI=1S/C13H13N3O.C3H8.C2H6/c1-10-5-6-12(15-8-10)16(2)13(17)11-4-3-7-14-9-11;1-3-2;1-2/h3-9H,1-2H3;3H2,1-2H3;1-2H3. The first-order chi connectivity index (χ1) is 10.6. The van der Waals surface area contributed by atoms with Gasteiger partial charge < -0.3 is 0 Å². The van der Waals surface area contributed by atoms with Crippen molar-refractivity contribution < 1.29 is 4.79 Å². The largest absolute Gasteiger partial charge is 0.296 e. The molecule has 0 spiro atoms. The molecule has 0 N–H and O–H groups in total. The number of carbonyl (C=O) groups is 1. The molecule has 2 heterocycles. The predicted molar refractivity (Wildman–Crippen MR) is 93.3 cm³/mol. The third-order valence-electron chi connectivity index (χ3n) is 2.45. The van der Waals surface area contributed by atoms with Gasteiger partial charge in [0.15, 0.2) is 0 Å². The number of nitrogens with zero attached hydrogens (tertiary/aromatic N) is 3. The topological polar surface area (TPSA) is 46.1 Å². The SMILES string of the molecule is CC.CCC.Cc1ccc(N(C)C(=O)c2cccnc2)nc1. The molecule has 0 aromatic carbocycles. The lowest BCUT2D eigenvalue weighted by atomic mass is 10.2. The maximum atomic E-state index is 12.1. The zero-order valence-corrected chi connectivity index (χ0v) is 14.5. The molecule has 0 radical (unpaired) electrons. The molecule has 0 unspecified atom stereocenters. The van der Waals surface area contributed by atoms with E-state index in [0.717, 1.165) is 5.56 Å². The van der Waals surface area contributed by atoms with Gasteiger partial charge in [0.2, 0.25) is 0 Å². The quantitative estimate of drug-likeness (QED) is 0.820. The second-order valence-corrected chi connectivity index (χ2v) is 4.51. The summed E-state index contributed by atoms with van der Waals surface area (Å²) < 4.78 is 0. The molecule has 0 atom stereocenters. The van der Waals surface area contributed by atoms with Gasteiger partial charge in [-0.1, -0.05) is 40.2 Å². The minimum absolute atomic E-state index is 0.116. The highest BCUT2D eigenvalue weighted by Gasteiger charge is 2.13. The highest BCUT2D eigenvalue weighted by molar-refractivity contribution is 6.04. The first kappa shape index (κ1) is 19.8. The lowest BCUT2D eigenvalue weighted by Crippen LogP contribution is -2.27. The van der Waals surface area contributed by atoms with Crippen molar-refractivity contribution >= 4 is 11.7 Å². The summed E-state index contributed by atoms with van der Waals surface area (Å²) in [5.41, 5.74) is 1.62. The highest BCUT2D eigenvalue weighted by Crippen LogP contribution is 2.12. The molecular formula is C18H27N3O. The van der Waals surface area contributed by atoms with Gasteiger partial charge in [-0.25, -0.2) is 4.98 Å². The minimum atomic E-state index is -0.116. The van der Waals surface area contributed by atoms with Crippen LogP contribution in [-0.4, -0.2) is 22.9 Å². The lowest BCUT2D eigenvalue weighted by molar-refractivity contribution is 0.0992. The Balaban J connectivity index is 0.000000789. The number of pyridine rings is 2. The summed E-state index contributed by atoms with van der Waals surface area (Å²) in [5, 5.41) is 0. The van der Waals surface area contributed by atoms with Crippen molar-refractivity contribution in [2.24, 2.45) is 0 Å². The Morgan fingerprint density at radius 3 is 2.23 bits per heavy atom. The van der Waals surface area contributed by atoms with Crippen molar-refractivity contribution in [3.8, 4) is 0 Å². The monoisotopic (exact) mass is 301 g/mol. The molecule has 4 nitrogen and oxygen atoms in total. The summed E-state index contributed by atoms with van der Waals surface area (Å²) >= 11 is 0. The molecule has 4 heteroatoms. The van der Waals surface area contributed by atoms with E-state index in [2.05, 4.69) is 23.8 Å². The summed E-state index contributed by atoms with van der Waals surface area (Å²) in [6.45, 7) is 10.2. The number of carbonyl (C=O) groups excluding carboxylic acids is 1. The van der Waals surface area contributed by atoms with E-state index in [0.29, 0.717) is 11.4 Å².